The molecular formula is C18H25NO3. The van der Waals surface area contributed by atoms with Gasteiger partial charge in [-0.2, -0.15) is 0 Å². The maximum absolute atomic E-state index is 12.3. The summed E-state index contributed by atoms with van der Waals surface area (Å²) in [5, 5.41) is 9.01. The molecule has 4 heteroatoms. The minimum Gasteiger partial charge on any atom is -0.481 e. The third kappa shape index (κ3) is 3.87. The first-order valence-electron chi connectivity index (χ1n) is 7.99. The van der Waals surface area contributed by atoms with Crippen LogP contribution < -0.4 is 0 Å². The molecule has 120 valence electrons. The molecule has 2 unspecified atom stereocenters. The van der Waals surface area contributed by atoms with Gasteiger partial charge in [-0.15, -0.1) is 0 Å². The summed E-state index contributed by atoms with van der Waals surface area (Å²) in [7, 11) is 0. The zero-order valence-corrected chi connectivity index (χ0v) is 13.6. The Morgan fingerprint density at radius 3 is 2.27 bits per heavy atom. The maximum atomic E-state index is 12.3. The van der Waals surface area contributed by atoms with Crippen LogP contribution in [-0.2, 0) is 9.59 Å². The zero-order chi connectivity index (χ0) is 16.3. The van der Waals surface area contributed by atoms with Crippen molar-refractivity contribution in [1.29, 1.82) is 0 Å². The first-order chi connectivity index (χ1) is 10.4. The summed E-state index contributed by atoms with van der Waals surface area (Å²) in [6, 6.07) is 8.43. The number of aliphatic carboxylic acids is 1. The molecule has 0 aliphatic carbocycles. The van der Waals surface area contributed by atoms with Gasteiger partial charge in [0.25, 0.3) is 0 Å². The molecular weight excluding hydrogens is 278 g/mol. The lowest BCUT2D eigenvalue weighted by molar-refractivity contribution is -0.141. The summed E-state index contributed by atoms with van der Waals surface area (Å²) in [6.45, 7) is 7.29. The van der Waals surface area contributed by atoms with E-state index in [0.29, 0.717) is 31.8 Å². The number of nitrogens with zero attached hydrogens (tertiary/aromatic N) is 1. The first kappa shape index (κ1) is 16.5. The molecule has 1 aromatic carbocycles. The third-order valence-corrected chi connectivity index (χ3v) is 4.54. The molecule has 1 amide bonds. The van der Waals surface area contributed by atoms with Crippen LogP contribution in [0.3, 0.4) is 0 Å². The molecule has 0 radical (unpaired) electrons. The number of amides is 1. The van der Waals surface area contributed by atoms with E-state index in [1.807, 2.05) is 6.92 Å². The second kappa shape index (κ2) is 6.95. The van der Waals surface area contributed by atoms with Crippen LogP contribution in [0.4, 0.5) is 0 Å². The van der Waals surface area contributed by atoms with Gasteiger partial charge in [-0.05, 0) is 29.4 Å². The number of carbonyl (C=O) groups is 2. The van der Waals surface area contributed by atoms with Crippen LogP contribution in [-0.4, -0.2) is 35.0 Å². The second-order valence-electron chi connectivity index (χ2n) is 6.59. The smallest absolute Gasteiger partial charge is 0.308 e. The quantitative estimate of drug-likeness (QED) is 0.908. The Morgan fingerprint density at radius 1 is 1.18 bits per heavy atom. The lowest BCUT2D eigenvalue weighted by atomic mass is 9.94. The fourth-order valence-electron chi connectivity index (χ4n) is 2.91. The summed E-state index contributed by atoms with van der Waals surface area (Å²) in [5.41, 5.74) is 2.46. The number of rotatable bonds is 5. The molecule has 0 spiro atoms. The fourth-order valence-corrected chi connectivity index (χ4v) is 2.91. The predicted molar refractivity (Wildman–Crippen MR) is 85.9 cm³/mol. The SMILES string of the molecule is CC(C)c1ccc(C(C)CC(=O)N2CCC(C(=O)O)C2)cc1. The van der Waals surface area contributed by atoms with E-state index in [-0.39, 0.29) is 11.8 Å². The third-order valence-electron chi connectivity index (χ3n) is 4.54. The first-order valence-corrected chi connectivity index (χ1v) is 7.99. The van der Waals surface area contributed by atoms with Crippen molar-refractivity contribution in [1.82, 2.24) is 4.90 Å². The molecule has 1 aliphatic rings. The van der Waals surface area contributed by atoms with Crippen molar-refractivity contribution in [2.75, 3.05) is 13.1 Å². The molecule has 0 saturated carbocycles. The minimum absolute atomic E-state index is 0.0594. The molecule has 2 atom stereocenters. The predicted octanol–water partition coefficient (Wildman–Crippen LogP) is 3.24. The number of carboxylic acids is 1. The van der Waals surface area contributed by atoms with Crippen LogP contribution >= 0.6 is 0 Å². The van der Waals surface area contributed by atoms with E-state index in [4.69, 9.17) is 5.11 Å². The van der Waals surface area contributed by atoms with Gasteiger partial charge in [-0.3, -0.25) is 9.59 Å². The Bertz CT molecular complexity index is 536. The minimum atomic E-state index is -0.798. The Hall–Kier alpha value is -1.84. The maximum Gasteiger partial charge on any atom is 0.308 e. The van der Waals surface area contributed by atoms with Crippen molar-refractivity contribution in [2.24, 2.45) is 5.92 Å². The molecule has 1 aliphatic heterocycles. The van der Waals surface area contributed by atoms with Crippen LogP contribution in [0.1, 0.15) is 56.6 Å². The summed E-state index contributed by atoms with van der Waals surface area (Å²) >= 11 is 0. The number of carbonyl (C=O) groups excluding carboxylic acids is 1. The monoisotopic (exact) mass is 303 g/mol. The van der Waals surface area contributed by atoms with E-state index < -0.39 is 11.9 Å². The van der Waals surface area contributed by atoms with Crippen LogP contribution in [0, 0.1) is 5.92 Å². The van der Waals surface area contributed by atoms with E-state index in [0.717, 1.165) is 5.56 Å². The van der Waals surface area contributed by atoms with Gasteiger partial charge in [-0.25, -0.2) is 0 Å². The van der Waals surface area contributed by atoms with Gasteiger partial charge >= 0.3 is 5.97 Å². The highest BCUT2D eigenvalue weighted by Gasteiger charge is 2.31. The van der Waals surface area contributed by atoms with Gasteiger partial charge in [0.05, 0.1) is 5.92 Å². The summed E-state index contributed by atoms with van der Waals surface area (Å²) < 4.78 is 0. The molecule has 1 fully saturated rings. The molecule has 0 bridgehead atoms. The second-order valence-corrected chi connectivity index (χ2v) is 6.59. The van der Waals surface area contributed by atoms with E-state index >= 15 is 0 Å². The van der Waals surface area contributed by atoms with Gasteiger partial charge < -0.3 is 10.0 Å². The Kier molecular flexibility index (Phi) is 5.22. The summed E-state index contributed by atoms with van der Waals surface area (Å²) in [4.78, 5) is 25.0. The molecule has 1 N–H and O–H groups in total. The lowest BCUT2D eigenvalue weighted by Gasteiger charge is -2.19. The van der Waals surface area contributed by atoms with Gasteiger partial charge in [0.1, 0.15) is 0 Å². The number of hydrogen-bond donors (Lipinski definition) is 1. The van der Waals surface area contributed by atoms with Crippen LogP contribution in [0.25, 0.3) is 0 Å². The van der Waals surface area contributed by atoms with Crippen molar-refractivity contribution in [3.8, 4) is 0 Å². The van der Waals surface area contributed by atoms with E-state index in [9.17, 15) is 9.59 Å². The molecule has 22 heavy (non-hydrogen) atoms. The van der Waals surface area contributed by atoms with Crippen molar-refractivity contribution < 1.29 is 14.7 Å². The molecule has 1 saturated heterocycles. The van der Waals surface area contributed by atoms with Crippen LogP contribution in [0.15, 0.2) is 24.3 Å². The van der Waals surface area contributed by atoms with Gasteiger partial charge in [0, 0.05) is 19.5 Å². The Balaban J connectivity index is 1.92. The van der Waals surface area contributed by atoms with E-state index in [1.165, 1.54) is 5.56 Å². The van der Waals surface area contributed by atoms with Crippen molar-refractivity contribution in [2.45, 2.75) is 45.4 Å². The fraction of sp³-hybridized carbons (Fsp3) is 0.556. The highest BCUT2D eigenvalue weighted by Crippen LogP contribution is 2.25. The summed E-state index contributed by atoms with van der Waals surface area (Å²) in [5.74, 6) is -0.484. The highest BCUT2D eigenvalue weighted by atomic mass is 16.4. The van der Waals surface area contributed by atoms with Crippen LogP contribution in [0.5, 0.6) is 0 Å². The average Bonchev–Trinajstić information content (AvgIpc) is 2.97. The standard InChI is InChI=1S/C18H25NO3/c1-12(2)14-4-6-15(7-5-14)13(3)10-17(20)19-9-8-16(11-19)18(21)22/h4-7,12-13,16H,8-11H2,1-3H3,(H,21,22). The zero-order valence-electron chi connectivity index (χ0n) is 13.6. The molecule has 1 heterocycles. The van der Waals surface area contributed by atoms with Crippen molar-refractivity contribution in [3.63, 3.8) is 0 Å². The van der Waals surface area contributed by atoms with Crippen LogP contribution in [0.2, 0.25) is 0 Å². The number of carboxylic acid groups (broad SMARTS) is 1. The Morgan fingerprint density at radius 2 is 1.77 bits per heavy atom. The average molecular weight is 303 g/mol. The Labute approximate surface area is 132 Å². The van der Waals surface area contributed by atoms with E-state index in [2.05, 4.69) is 38.1 Å². The molecule has 4 nitrogen and oxygen atoms in total. The van der Waals surface area contributed by atoms with Gasteiger partial charge in [0.15, 0.2) is 0 Å². The van der Waals surface area contributed by atoms with Gasteiger partial charge in [0.2, 0.25) is 5.91 Å². The normalized spacial score (nSPS) is 19.5. The topological polar surface area (TPSA) is 57.6 Å². The number of likely N-dealkylation sites (tertiary alicyclic amines) is 1. The molecule has 0 aromatic heterocycles. The molecule has 2 rings (SSSR count). The van der Waals surface area contributed by atoms with Gasteiger partial charge in [-0.1, -0.05) is 45.0 Å². The van der Waals surface area contributed by atoms with E-state index in [1.54, 1.807) is 4.90 Å². The van der Waals surface area contributed by atoms with Crippen molar-refractivity contribution >= 4 is 11.9 Å². The number of hydrogen-bond acceptors (Lipinski definition) is 2. The van der Waals surface area contributed by atoms with Crippen molar-refractivity contribution in [3.05, 3.63) is 35.4 Å². The molecule has 1 aromatic rings. The summed E-state index contributed by atoms with van der Waals surface area (Å²) in [6.07, 6.45) is 1.01. The lowest BCUT2D eigenvalue weighted by Crippen LogP contribution is -2.30. The highest BCUT2D eigenvalue weighted by molar-refractivity contribution is 5.79. The number of benzene rings is 1. The largest absolute Gasteiger partial charge is 0.481 e.